The summed E-state index contributed by atoms with van der Waals surface area (Å²) in [5, 5.41) is 0.174. The van der Waals surface area contributed by atoms with E-state index in [4.69, 9.17) is 10.2 Å². The lowest BCUT2D eigenvalue weighted by atomic mass is 10.2. The average Bonchev–Trinajstić information content (AvgIpc) is 2.92. The number of sulfonamides is 1. The van der Waals surface area contributed by atoms with E-state index in [1.807, 2.05) is 4.72 Å². The van der Waals surface area contributed by atoms with E-state index >= 15 is 0 Å². The van der Waals surface area contributed by atoms with Gasteiger partial charge in [0, 0.05) is 5.39 Å². The number of halogens is 4. The molecule has 1 aromatic heterocycles. The smallest absolute Gasteiger partial charge is 0.419 e. The van der Waals surface area contributed by atoms with Gasteiger partial charge in [0.05, 0.1) is 10.5 Å². The molecule has 0 aliphatic heterocycles. The first-order valence-electron chi connectivity index (χ1n) is 7.21. The summed E-state index contributed by atoms with van der Waals surface area (Å²) in [4.78, 5) is 10.7. The quantitative estimate of drug-likeness (QED) is 0.652. The lowest BCUT2D eigenvalue weighted by Crippen LogP contribution is -2.18. The summed E-state index contributed by atoms with van der Waals surface area (Å²) in [6.45, 7) is 0. The molecule has 0 atom stereocenters. The van der Waals surface area contributed by atoms with Crippen molar-refractivity contribution >= 4 is 32.6 Å². The average molecular weight is 402 g/mol. The number of carbonyl (C=O) groups is 1. The molecule has 3 N–H and O–H groups in total. The Morgan fingerprint density at radius 2 is 1.78 bits per heavy atom. The maximum atomic E-state index is 13.4. The monoisotopic (exact) mass is 402 g/mol. The molecule has 142 valence electrons. The number of fused-ring (bicyclic) bond motifs is 1. The topological polar surface area (TPSA) is 102 Å². The zero-order valence-electron chi connectivity index (χ0n) is 13.2. The van der Waals surface area contributed by atoms with Gasteiger partial charge >= 0.3 is 6.18 Å². The molecule has 0 unspecified atom stereocenters. The molecule has 0 aliphatic carbocycles. The summed E-state index contributed by atoms with van der Waals surface area (Å²) in [5.41, 5.74) is 3.25. The van der Waals surface area contributed by atoms with Gasteiger partial charge in [-0.05, 0) is 30.3 Å². The van der Waals surface area contributed by atoms with Crippen molar-refractivity contribution in [2.75, 3.05) is 4.72 Å². The summed E-state index contributed by atoms with van der Waals surface area (Å²) in [6, 6.07) is 7.17. The molecular formula is C16H10F4N2O4S. The van der Waals surface area contributed by atoms with Crippen molar-refractivity contribution in [1.29, 1.82) is 0 Å². The molecule has 0 radical (unpaired) electrons. The number of anilines is 1. The minimum absolute atomic E-state index is 0.138. The van der Waals surface area contributed by atoms with E-state index in [-0.39, 0.29) is 22.7 Å². The largest absolute Gasteiger partial charge is 0.449 e. The maximum absolute atomic E-state index is 13.4. The van der Waals surface area contributed by atoms with Crippen LogP contribution in [0.15, 0.2) is 51.8 Å². The molecule has 0 saturated carbocycles. The van der Waals surface area contributed by atoms with Crippen molar-refractivity contribution in [3.8, 4) is 0 Å². The van der Waals surface area contributed by atoms with Gasteiger partial charge in [0.25, 0.3) is 15.9 Å². The third kappa shape index (κ3) is 3.45. The van der Waals surface area contributed by atoms with E-state index in [0.29, 0.717) is 12.1 Å². The van der Waals surface area contributed by atoms with Gasteiger partial charge in [-0.3, -0.25) is 9.52 Å². The maximum Gasteiger partial charge on any atom is 0.419 e. The van der Waals surface area contributed by atoms with Crippen LogP contribution >= 0.6 is 0 Å². The second kappa shape index (κ2) is 6.27. The Labute approximate surface area is 149 Å². The third-order valence-corrected chi connectivity index (χ3v) is 4.96. The number of rotatable bonds is 4. The Hall–Kier alpha value is -3.08. The van der Waals surface area contributed by atoms with Gasteiger partial charge in [0.2, 0.25) is 5.76 Å². The number of amides is 1. The number of para-hydroxylation sites is 1. The SMILES string of the molecule is NC(=O)c1oc2ccccc2c1NS(=O)(=O)c1ccc(F)c(C(F)(F)F)c1. The second-order valence-corrected chi connectivity index (χ2v) is 7.09. The number of carbonyl (C=O) groups excluding carboxylic acids is 1. The second-order valence-electron chi connectivity index (χ2n) is 5.41. The highest BCUT2D eigenvalue weighted by Crippen LogP contribution is 2.35. The summed E-state index contributed by atoms with van der Waals surface area (Å²) >= 11 is 0. The van der Waals surface area contributed by atoms with Crippen LogP contribution in [0.5, 0.6) is 0 Å². The van der Waals surface area contributed by atoms with Gasteiger partial charge in [-0.15, -0.1) is 0 Å². The van der Waals surface area contributed by atoms with Crippen molar-refractivity contribution < 1.29 is 35.2 Å². The Kier molecular flexibility index (Phi) is 4.34. The van der Waals surface area contributed by atoms with Gasteiger partial charge in [-0.25, -0.2) is 12.8 Å². The first kappa shape index (κ1) is 18.7. The molecule has 1 amide bonds. The van der Waals surface area contributed by atoms with Crippen molar-refractivity contribution in [2.24, 2.45) is 5.73 Å². The molecule has 0 saturated heterocycles. The van der Waals surface area contributed by atoms with E-state index in [9.17, 15) is 30.8 Å². The zero-order chi connectivity index (χ0) is 20.0. The molecule has 0 aliphatic rings. The molecule has 3 aromatic rings. The van der Waals surface area contributed by atoms with Crippen molar-refractivity contribution in [2.45, 2.75) is 11.1 Å². The van der Waals surface area contributed by atoms with E-state index in [2.05, 4.69) is 0 Å². The van der Waals surface area contributed by atoms with E-state index < -0.39 is 44.1 Å². The number of primary amides is 1. The fourth-order valence-corrected chi connectivity index (χ4v) is 3.51. The highest BCUT2D eigenvalue weighted by molar-refractivity contribution is 7.92. The Morgan fingerprint density at radius 3 is 2.41 bits per heavy atom. The van der Waals surface area contributed by atoms with Gasteiger partial charge < -0.3 is 10.2 Å². The number of furan rings is 1. The van der Waals surface area contributed by atoms with Gasteiger partial charge in [-0.2, -0.15) is 13.2 Å². The lowest BCUT2D eigenvalue weighted by Gasteiger charge is -2.12. The van der Waals surface area contributed by atoms with Gasteiger partial charge in [0.15, 0.2) is 0 Å². The highest BCUT2D eigenvalue weighted by Gasteiger charge is 2.35. The molecule has 1 heterocycles. The molecule has 0 bridgehead atoms. The Bertz CT molecular complexity index is 1150. The molecule has 6 nitrogen and oxygen atoms in total. The summed E-state index contributed by atoms with van der Waals surface area (Å²) < 4.78 is 84.1. The highest BCUT2D eigenvalue weighted by atomic mass is 32.2. The Morgan fingerprint density at radius 1 is 1.11 bits per heavy atom. The van der Waals surface area contributed by atoms with Crippen LogP contribution in [0, 0.1) is 5.82 Å². The van der Waals surface area contributed by atoms with Crippen molar-refractivity contribution in [3.05, 3.63) is 59.6 Å². The number of nitrogens with two attached hydrogens (primary N) is 1. The van der Waals surface area contributed by atoms with Crippen molar-refractivity contribution in [1.82, 2.24) is 0 Å². The number of nitrogens with one attached hydrogen (secondary N) is 1. The van der Waals surface area contributed by atoms with Crippen LogP contribution in [-0.4, -0.2) is 14.3 Å². The first-order chi connectivity index (χ1) is 12.5. The summed E-state index contributed by atoms with van der Waals surface area (Å²) in [7, 11) is -4.61. The van der Waals surface area contributed by atoms with Crippen LogP contribution in [0.3, 0.4) is 0 Å². The predicted molar refractivity (Wildman–Crippen MR) is 86.9 cm³/mol. The molecule has 2 aromatic carbocycles. The fraction of sp³-hybridized carbons (Fsp3) is 0.0625. The van der Waals surface area contributed by atoms with Crippen LogP contribution in [0.2, 0.25) is 0 Å². The van der Waals surface area contributed by atoms with Crippen LogP contribution < -0.4 is 10.5 Å². The number of benzene rings is 2. The van der Waals surface area contributed by atoms with E-state index in [1.54, 1.807) is 6.07 Å². The summed E-state index contributed by atoms with van der Waals surface area (Å²) in [6.07, 6.45) is -5.09. The molecule has 3 rings (SSSR count). The number of alkyl halides is 3. The molecule has 0 spiro atoms. The Balaban J connectivity index is 2.12. The van der Waals surface area contributed by atoms with Crippen molar-refractivity contribution in [3.63, 3.8) is 0 Å². The fourth-order valence-electron chi connectivity index (χ4n) is 2.40. The standard InChI is InChI=1S/C16H10F4N2O4S/c17-11-6-5-8(7-10(11)16(18,19)20)27(24,25)22-13-9-3-1-2-4-12(9)26-14(13)15(21)23/h1-7,22H,(H2,21,23). The van der Waals surface area contributed by atoms with Crippen LogP contribution in [-0.2, 0) is 16.2 Å². The zero-order valence-corrected chi connectivity index (χ0v) is 14.0. The van der Waals surface area contributed by atoms with Gasteiger partial charge in [-0.1, -0.05) is 12.1 Å². The number of hydrogen-bond donors (Lipinski definition) is 2. The van der Waals surface area contributed by atoms with Crippen LogP contribution in [0.1, 0.15) is 16.1 Å². The van der Waals surface area contributed by atoms with Gasteiger partial charge in [0.1, 0.15) is 17.1 Å². The number of hydrogen-bond acceptors (Lipinski definition) is 4. The van der Waals surface area contributed by atoms with Crippen LogP contribution in [0.4, 0.5) is 23.2 Å². The van der Waals surface area contributed by atoms with E-state index in [1.165, 1.54) is 18.2 Å². The predicted octanol–water partition coefficient (Wildman–Crippen LogP) is 3.49. The third-order valence-electron chi connectivity index (χ3n) is 3.61. The minimum atomic E-state index is -5.09. The molecule has 27 heavy (non-hydrogen) atoms. The van der Waals surface area contributed by atoms with Crippen LogP contribution in [0.25, 0.3) is 11.0 Å². The molecular weight excluding hydrogens is 392 g/mol. The normalized spacial score (nSPS) is 12.3. The lowest BCUT2D eigenvalue weighted by molar-refractivity contribution is -0.140. The molecule has 11 heteroatoms. The van der Waals surface area contributed by atoms with E-state index in [0.717, 1.165) is 0 Å². The molecule has 0 fully saturated rings. The first-order valence-corrected chi connectivity index (χ1v) is 8.70. The minimum Gasteiger partial charge on any atom is -0.449 e. The summed E-state index contributed by atoms with van der Waals surface area (Å²) in [5.74, 6) is -3.22.